The number of rotatable bonds is 2. The molecule has 8 atom stereocenters. The molecule has 4 nitrogen and oxygen atoms in total. The van der Waals surface area contributed by atoms with Crippen LogP contribution in [0.1, 0.15) is 79.1 Å². The van der Waals surface area contributed by atoms with Crippen LogP contribution >= 0.6 is 0 Å². The van der Waals surface area contributed by atoms with E-state index in [-0.39, 0.29) is 22.9 Å². The smallest absolute Gasteiger partial charge is 0.311 e. The predicted octanol–water partition coefficient (Wildman–Crippen LogP) is 4.14. The van der Waals surface area contributed by atoms with Crippen molar-refractivity contribution in [2.24, 2.45) is 40.4 Å². The topological polar surface area (TPSA) is 63.6 Å². The van der Waals surface area contributed by atoms with Gasteiger partial charge in [-0.05, 0) is 87.9 Å². The van der Waals surface area contributed by atoms with E-state index < -0.39 is 12.0 Å². The minimum Gasteiger partial charge on any atom is -0.463 e. The molecule has 0 aromatic rings. The third kappa shape index (κ3) is 2.89. The van der Waals surface area contributed by atoms with Gasteiger partial charge in [-0.2, -0.15) is 0 Å². The lowest BCUT2D eigenvalue weighted by Crippen LogP contribution is -2.56. The Kier molecular flexibility index (Phi) is 4.73. The first-order valence-corrected chi connectivity index (χ1v) is 11.1. The van der Waals surface area contributed by atoms with Crippen molar-refractivity contribution >= 4 is 11.8 Å². The Bertz CT molecular complexity index is 628. The number of Topliss-reactive ketones (excluding diaryl/α,β-unsaturated/α-hetero) is 1. The van der Waals surface area contributed by atoms with Crippen molar-refractivity contribution in [1.29, 1.82) is 0 Å². The van der Waals surface area contributed by atoms with Crippen LogP contribution in [0.15, 0.2) is 0 Å². The average Bonchev–Trinajstić information content (AvgIpc) is 2.89. The SMILES string of the molecule is CC(C)OC(=O)[C@H]1C[C@@]2(C)[C@@H](CC[C@@H]3[C@@H]2CC[C@]2(C)C(=O)CC[C@@H]32)C[C@@H]1O. The molecule has 0 aromatic carbocycles. The summed E-state index contributed by atoms with van der Waals surface area (Å²) in [7, 11) is 0. The van der Waals surface area contributed by atoms with Crippen LogP contribution in [0.2, 0.25) is 0 Å². The molecule has 4 rings (SSSR count). The highest BCUT2D eigenvalue weighted by Gasteiger charge is 2.61. The first kappa shape index (κ1) is 19.4. The molecule has 0 aromatic heterocycles. The average molecular weight is 377 g/mol. The van der Waals surface area contributed by atoms with Gasteiger partial charge in [-0.25, -0.2) is 0 Å². The first-order chi connectivity index (χ1) is 12.7. The quantitative estimate of drug-likeness (QED) is 0.736. The van der Waals surface area contributed by atoms with Crippen molar-refractivity contribution in [1.82, 2.24) is 0 Å². The molecule has 0 amide bonds. The van der Waals surface area contributed by atoms with Crippen molar-refractivity contribution in [3.8, 4) is 0 Å². The molecule has 152 valence electrons. The van der Waals surface area contributed by atoms with Gasteiger partial charge >= 0.3 is 5.97 Å². The second-order valence-corrected chi connectivity index (χ2v) is 10.7. The van der Waals surface area contributed by atoms with Gasteiger partial charge in [-0.3, -0.25) is 9.59 Å². The maximum absolute atomic E-state index is 12.6. The first-order valence-electron chi connectivity index (χ1n) is 11.1. The van der Waals surface area contributed by atoms with Gasteiger partial charge in [0.25, 0.3) is 0 Å². The van der Waals surface area contributed by atoms with Crippen molar-refractivity contribution in [2.75, 3.05) is 0 Å². The van der Waals surface area contributed by atoms with Crippen molar-refractivity contribution in [3.05, 3.63) is 0 Å². The molecule has 0 radical (unpaired) electrons. The number of ether oxygens (including phenoxy) is 1. The summed E-state index contributed by atoms with van der Waals surface area (Å²) in [6.07, 6.45) is 6.96. The van der Waals surface area contributed by atoms with E-state index in [4.69, 9.17) is 4.74 Å². The standard InChI is InChI=1S/C23H36O4/c1-13(2)27-21(26)16-12-23(4)14(11-19(16)24)5-6-15-17-7-8-20(25)22(17,3)10-9-18(15)23/h13-19,24H,5-12H2,1-4H3/t14-,15-,16-,17-,18-,19-,22-,23-/m0/s1. The van der Waals surface area contributed by atoms with Crippen molar-refractivity contribution in [3.63, 3.8) is 0 Å². The zero-order valence-electron chi connectivity index (χ0n) is 17.4. The predicted molar refractivity (Wildman–Crippen MR) is 103 cm³/mol. The van der Waals surface area contributed by atoms with Crippen molar-refractivity contribution in [2.45, 2.75) is 91.3 Å². The van der Waals surface area contributed by atoms with Gasteiger partial charge in [0.15, 0.2) is 0 Å². The number of hydrogen-bond acceptors (Lipinski definition) is 4. The summed E-state index contributed by atoms with van der Waals surface area (Å²) < 4.78 is 5.48. The van der Waals surface area contributed by atoms with Crippen LogP contribution in [-0.4, -0.2) is 29.1 Å². The lowest BCUT2D eigenvalue weighted by molar-refractivity contribution is -0.175. The van der Waals surface area contributed by atoms with Crippen LogP contribution in [0.25, 0.3) is 0 Å². The molecule has 0 unspecified atom stereocenters. The molecular weight excluding hydrogens is 340 g/mol. The van der Waals surface area contributed by atoms with Crippen LogP contribution in [0, 0.1) is 40.4 Å². The van der Waals surface area contributed by atoms with Crippen LogP contribution in [0.3, 0.4) is 0 Å². The number of carbonyl (C=O) groups excluding carboxylic acids is 2. The Morgan fingerprint density at radius 3 is 2.59 bits per heavy atom. The van der Waals surface area contributed by atoms with Crippen molar-refractivity contribution < 1.29 is 19.4 Å². The number of hydrogen-bond donors (Lipinski definition) is 1. The molecule has 0 saturated heterocycles. The molecule has 4 fully saturated rings. The summed E-state index contributed by atoms with van der Waals surface area (Å²) in [5.41, 5.74) is -0.0235. The summed E-state index contributed by atoms with van der Waals surface area (Å²) in [5.74, 6) is 2.04. The molecule has 4 aliphatic rings. The molecule has 4 heteroatoms. The number of aliphatic hydroxyl groups is 1. The Labute approximate surface area is 163 Å². The number of ketones is 1. The Balaban J connectivity index is 1.59. The fourth-order valence-corrected chi connectivity index (χ4v) is 7.64. The van der Waals surface area contributed by atoms with E-state index in [1.165, 1.54) is 6.42 Å². The lowest BCUT2D eigenvalue weighted by atomic mass is 9.44. The van der Waals surface area contributed by atoms with Gasteiger partial charge < -0.3 is 9.84 Å². The maximum Gasteiger partial charge on any atom is 0.311 e. The van der Waals surface area contributed by atoms with E-state index in [0.29, 0.717) is 29.5 Å². The molecule has 0 spiro atoms. The van der Waals surface area contributed by atoms with Gasteiger partial charge in [0.1, 0.15) is 5.78 Å². The minimum atomic E-state index is -0.576. The van der Waals surface area contributed by atoms with Crippen LogP contribution in [-0.2, 0) is 14.3 Å². The largest absolute Gasteiger partial charge is 0.463 e. The van der Waals surface area contributed by atoms with E-state index in [1.54, 1.807) is 0 Å². The summed E-state index contributed by atoms with van der Waals surface area (Å²) in [6.45, 7) is 8.32. The van der Waals surface area contributed by atoms with Crippen LogP contribution in [0.4, 0.5) is 0 Å². The highest BCUT2D eigenvalue weighted by Crippen LogP contribution is 2.66. The highest BCUT2D eigenvalue weighted by atomic mass is 16.5. The van der Waals surface area contributed by atoms with Gasteiger partial charge in [0.05, 0.1) is 18.1 Å². The normalized spacial score (nSPS) is 49.3. The second-order valence-electron chi connectivity index (χ2n) is 10.7. The molecule has 1 N–H and O–H groups in total. The summed E-state index contributed by atoms with van der Waals surface area (Å²) >= 11 is 0. The molecule has 4 aliphatic carbocycles. The van der Waals surface area contributed by atoms with E-state index in [2.05, 4.69) is 13.8 Å². The summed E-state index contributed by atoms with van der Waals surface area (Å²) in [6, 6.07) is 0. The number of aliphatic hydroxyl groups excluding tert-OH is 1. The van der Waals surface area contributed by atoms with Crippen LogP contribution < -0.4 is 0 Å². The fraction of sp³-hybridized carbons (Fsp3) is 0.913. The van der Waals surface area contributed by atoms with E-state index >= 15 is 0 Å². The molecule has 0 bridgehead atoms. The van der Waals surface area contributed by atoms with E-state index in [0.717, 1.165) is 44.9 Å². The van der Waals surface area contributed by atoms with Gasteiger partial charge in [0.2, 0.25) is 0 Å². The van der Waals surface area contributed by atoms with Gasteiger partial charge in [0, 0.05) is 11.8 Å². The van der Waals surface area contributed by atoms with E-state index in [9.17, 15) is 14.7 Å². The Morgan fingerprint density at radius 2 is 1.89 bits per heavy atom. The molecule has 0 aliphatic heterocycles. The maximum atomic E-state index is 12.6. The third-order valence-electron chi connectivity index (χ3n) is 9.08. The Hall–Kier alpha value is -0.900. The summed E-state index contributed by atoms with van der Waals surface area (Å²) in [4.78, 5) is 25.2. The summed E-state index contributed by atoms with van der Waals surface area (Å²) in [5, 5.41) is 10.7. The number of fused-ring (bicyclic) bond motifs is 5. The second kappa shape index (κ2) is 6.57. The number of carbonyl (C=O) groups is 2. The van der Waals surface area contributed by atoms with Crippen LogP contribution in [0.5, 0.6) is 0 Å². The van der Waals surface area contributed by atoms with Gasteiger partial charge in [-0.1, -0.05) is 13.8 Å². The molecule has 27 heavy (non-hydrogen) atoms. The van der Waals surface area contributed by atoms with Gasteiger partial charge in [-0.15, -0.1) is 0 Å². The molecule has 4 saturated carbocycles. The number of esters is 1. The van der Waals surface area contributed by atoms with E-state index in [1.807, 2.05) is 13.8 Å². The molecule has 0 heterocycles. The minimum absolute atomic E-state index is 0.0791. The Morgan fingerprint density at radius 1 is 1.15 bits per heavy atom. The monoisotopic (exact) mass is 376 g/mol. The zero-order valence-corrected chi connectivity index (χ0v) is 17.4. The molecular formula is C23H36O4. The lowest BCUT2D eigenvalue weighted by Gasteiger charge is -2.60. The highest BCUT2D eigenvalue weighted by molar-refractivity contribution is 5.87. The third-order valence-corrected chi connectivity index (χ3v) is 9.08. The zero-order chi connectivity index (χ0) is 19.6. The fourth-order valence-electron chi connectivity index (χ4n) is 7.64.